The highest BCUT2D eigenvalue weighted by atomic mass is 16.5. The van der Waals surface area contributed by atoms with E-state index in [1.165, 1.54) is 25.7 Å². The van der Waals surface area contributed by atoms with Crippen LogP contribution in [0.4, 0.5) is 5.69 Å². The van der Waals surface area contributed by atoms with E-state index in [2.05, 4.69) is 22.3 Å². The van der Waals surface area contributed by atoms with Gasteiger partial charge in [-0.15, -0.1) is 0 Å². The number of ether oxygens (including phenoxy) is 1. The first kappa shape index (κ1) is 17.8. The minimum absolute atomic E-state index is 0.366. The second kappa shape index (κ2) is 9.62. The van der Waals surface area contributed by atoms with Crippen molar-refractivity contribution in [3.63, 3.8) is 0 Å². The SMILES string of the molecule is CC(=O)NCC(=O)[O-].COc1ccccc1N1CC[NH2+]CC1. The molecule has 0 atom stereocenters. The van der Waals surface area contributed by atoms with E-state index in [1.807, 2.05) is 17.4 Å². The number of hydrogen-bond donors (Lipinski definition) is 2. The van der Waals surface area contributed by atoms with E-state index in [9.17, 15) is 14.7 Å². The summed E-state index contributed by atoms with van der Waals surface area (Å²) < 4.78 is 5.35. The Morgan fingerprint density at radius 3 is 2.45 bits per heavy atom. The molecular formula is C15H23N3O4. The number of aliphatic carboxylic acids is 1. The number of hydrogen-bond acceptors (Lipinski definition) is 5. The van der Waals surface area contributed by atoms with E-state index in [4.69, 9.17) is 4.74 Å². The minimum Gasteiger partial charge on any atom is -0.548 e. The van der Waals surface area contributed by atoms with Crippen molar-refractivity contribution >= 4 is 17.6 Å². The Morgan fingerprint density at radius 2 is 1.95 bits per heavy atom. The fourth-order valence-electron chi connectivity index (χ4n) is 2.08. The maximum Gasteiger partial charge on any atom is 0.217 e. The molecule has 22 heavy (non-hydrogen) atoms. The average molecular weight is 309 g/mol. The number of carboxylic acid groups (broad SMARTS) is 1. The number of methoxy groups -OCH3 is 1. The molecular weight excluding hydrogens is 286 g/mol. The zero-order chi connectivity index (χ0) is 16.4. The number of nitrogens with zero attached hydrogens (tertiary/aromatic N) is 1. The number of piperazine rings is 1. The first-order chi connectivity index (χ1) is 10.5. The molecule has 0 bridgehead atoms. The van der Waals surface area contributed by atoms with Gasteiger partial charge >= 0.3 is 0 Å². The summed E-state index contributed by atoms with van der Waals surface area (Å²) in [4.78, 5) is 21.9. The van der Waals surface area contributed by atoms with Crippen LogP contribution in [0.2, 0.25) is 0 Å². The van der Waals surface area contributed by atoms with Crippen LogP contribution < -0.4 is 25.4 Å². The topological polar surface area (TPSA) is 98.3 Å². The number of carbonyl (C=O) groups is 2. The molecule has 7 heteroatoms. The Bertz CT molecular complexity index is 473. The molecule has 0 radical (unpaired) electrons. The van der Waals surface area contributed by atoms with Gasteiger partial charge in [0.15, 0.2) is 0 Å². The molecule has 0 saturated carbocycles. The summed E-state index contributed by atoms with van der Waals surface area (Å²) in [5, 5.41) is 14.0. The molecule has 2 rings (SSSR count). The van der Waals surface area contributed by atoms with Gasteiger partial charge in [0.2, 0.25) is 5.91 Å². The van der Waals surface area contributed by atoms with Gasteiger partial charge in [-0.3, -0.25) is 4.79 Å². The summed E-state index contributed by atoms with van der Waals surface area (Å²) in [6.45, 7) is 5.41. The van der Waals surface area contributed by atoms with Crippen molar-refractivity contribution in [2.24, 2.45) is 0 Å². The zero-order valence-electron chi connectivity index (χ0n) is 13.0. The van der Waals surface area contributed by atoms with Gasteiger partial charge < -0.3 is 30.2 Å². The van der Waals surface area contributed by atoms with Gasteiger partial charge in [-0.05, 0) is 12.1 Å². The van der Waals surface area contributed by atoms with Gasteiger partial charge in [0.1, 0.15) is 5.75 Å². The summed E-state index contributed by atoms with van der Waals surface area (Å²) in [6.07, 6.45) is 0. The number of benzene rings is 1. The summed E-state index contributed by atoms with van der Waals surface area (Å²) in [7, 11) is 1.73. The van der Waals surface area contributed by atoms with Gasteiger partial charge in [-0.2, -0.15) is 0 Å². The van der Waals surface area contributed by atoms with E-state index in [1.54, 1.807) is 7.11 Å². The Balaban J connectivity index is 0.000000261. The van der Waals surface area contributed by atoms with E-state index >= 15 is 0 Å². The van der Waals surface area contributed by atoms with Crippen molar-refractivity contribution in [3.05, 3.63) is 24.3 Å². The Morgan fingerprint density at radius 1 is 1.32 bits per heavy atom. The number of carbonyl (C=O) groups excluding carboxylic acids is 2. The summed E-state index contributed by atoms with van der Waals surface area (Å²) in [5.74, 6) is -0.663. The number of nitrogens with one attached hydrogen (secondary N) is 1. The molecule has 0 unspecified atom stereocenters. The normalized spacial score (nSPS) is 13.6. The fourth-order valence-corrected chi connectivity index (χ4v) is 2.08. The minimum atomic E-state index is -1.28. The van der Waals surface area contributed by atoms with Crippen molar-refractivity contribution in [1.29, 1.82) is 0 Å². The molecule has 0 aromatic heterocycles. The van der Waals surface area contributed by atoms with Gasteiger partial charge in [0, 0.05) is 6.92 Å². The number of rotatable bonds is 4. The van der Waals surface area contributed by atoms with Crippen LogP contribution >= 0.6 is 0 Å². The fraction of sp³-hybridized carbons (Fsp3) is 0.467. The van der Waals surface area contributed by atoms with Crippen LogP contribution in [0.25, 0.3) is 0 Å². The van der Waals surface area contributed by atoms with Crippen molar-refractivity contribution in [1.82, 2.24) is 5.32 Å². The second-order valence-corrected chi connectivity index (χ2v) is 4.81. The lowest BCUT2D eigenvalue weighted by atomic mass is 10.2. The molecule has 1 saturated heterocycles. The highest BCUT2D eigenvalue weighted by Crippen LogP contribution is 2.27. The van der Waals surface area contributed by atoms with Crippen LogP contribution in [-0.4, -0.2) is 51.7 Å². The number of nitrogens with two attached hydrogens (primary N) is 1. The van der Waals surface area contributed by atoms with Gasteiger partial charge in [0.25, 0.3) is 0 Å². The van der Waals surface area contributed by atoms with Crippen LogP contribution in [0.5, 0.6) is 5.75 Å². The van der Waals surface area contributed by atoms with Crippen LogP contribution in [0.15, 0.2) is 24.3 Å². The van der Waals surface area contributed by atoms with Crippen molar-refractivity contribution < 1.29 is 24.7 Å². The lowest BCUT2D eigenvalue weighted by Crippen LogP contribution is -2.89. The van der Waals surface area contributed by atoms with E-state index < -0.39 is 12.5 Å². The van der Waals surface area contributed by atoms with Crippen LogP contribution in [-0.2, 0) is 9.59 Å². The molecule has 122 valence electrons. The second-order valence-electron chi connectivity index (χ2n) is 4.81. The van der Waals surface area contributed by atoms with Crippen LogP contribution in [0, 0.1) is 0 Å². The molecule has 0 spiro atoms. The molecule has 0 aliphatic carbocycles. The quantitative estimate of drug-likeness (QED) is 0.667. The average Bonchev–Trinajstić information content (AvgIpc) is 2.54. The zero-order valence-corrected chi connectivity index (χ0v) is 13.0. The molecule has 7 nitrogen and oxygen atoms in total. The third-order valence-electron chi connectivity index (χ3n) is 3.11. The highest BCUT2D eigenvalue weighted by Gasteiger charge is 2.15. The molecule has 1 aliphatic heterocycles. The largest absolute Gasteiger partial charge is 0.548 e. The first-order valence-electron chi connectivity index (χ1n) is 7.18. The number of carboxylic acids is 1. The standard InChI is InChI=1S/C11H16N2O.C4H7NO3/c1-14-11-5-3-2-4-10(11)13-8-6-12-7-9-13;1-3(6)5-2-4(7)8/h2-5,12H,6-9H2,1H3;2H2,1H3,(H,5,6)(H,7,8). The third-order valence-corrected chi connectivity index (χ3v) is 3.11. The Hall–Kier alpha value is -2.28. The molecule has 1 fully saturated rings. The van der Waals surface area contributed by atoms with E-state index in [0.717, 1.165) is 18.8 Å². The summed E-state index contributed by atoms with van der Waals surface area (Å²) in [5.41, 5.74) is 1.23. The monoisotopic (exact) mass is 309 g/mol. The van der Waals surface area contributed by atoms with Crippen molar-refractivity contribution in [2.75, 3.05) is 44.7 Å². The van der Waals surface area contributed by atoms with E-state index in [-0.39, 0.29) is 5.91 Å². The van der Waals surface area contributed by atoms with E-state index in [0.29, 0.717) is 0 Å². The van der Waals surface area contributed by atoms with Crippen molar-refractivity contribution in [2.45, 2.75) is 6.92 Å². The molecule has 1 aliphatic rings. The molecule has 1 amide bonds. The van der Waals surface area contributed by atoms with Gasteiger partial charge in [0.05, 0.1) is 51.5 Å². The van der Waals surface area contributed by atoms with Gasteiger partial charge in [-0.1, -0.05) is 12.1 Å². The highest BCUT2D eigenvalue weighted by molar-refractivity contribution is 5.78. The molecule has 1 aromatic carbocycles. The maximum atomic E-state index is 9.95. The first-order valence-corrected chi connectivity index (χ1v) is 7.18. The number of para-hydroxylation sites is 2. The summed E-state index contributed by atoms with van der Waals surface area (Å²) >= 11 is 0. The van der Waals surface area contributed by atoms with Gasteiger partial charge in [-0.25, -0.2) is 0 Å². The van der Waals surface area contributed by atoms with Crippen LogP contribution in [0.3, 0.4) is 0 Å². The van der Waals surface area contributed by atoms with Crippen LogP contribution in [0.1, 0.15) is 6.92 Å². The lowest BCUT2D eigenvalue weighted by molar-refractivity contribution is -0.655. The number of quaternary nitrogens is 1. The van der Waals surface area contributed by atoms with Crippen molar-refractivity contribution in [3.8, 4) is 5.75 Å². The summed E-state index contributed by atoms with van der Waals surface area (Å²) in [6, 6.07) is 8.23. The number of anilines is 1. The lowest BCUT2D eigenvalue weighted by Gasteiger charge is -2.28. The Labute approximate surface area is 130 Å². The third kappa shape index (κ3) is 6.45. The molecule has 1 aromatic rings. The maximum absolute atomic E-state index is 9.95. The number of amides is 1. The predicted octanol–water partition coefficient (Wildman–Crippen LogP) is -2.05. The predicted molar refractivity (Wildman–Crippen MR) is 80.6 cm³/mol. The molecule has 1 heterocycles. The Kier molecular flexibility index (Phi) is 7.77. The molecule has 3 N–H and O–H groups in total. The smallest absolute Gasteiger partial charge is 0.217 e.